The van der Waals surface area contributed by atoms with Gasteiger partial charge in [0.2, 0.25) is 12.0 Å². The first kappa shape index (κ1) is 41.9. The summed E-state index contributed by atoms with van der Waals surface area (Å²) in [6.07, 6.45) is 2.86. The molecule has 0 saturated carbocycles. The Morgan fingerprint density at radius 2 is 1.81 bits per heavy atom. The smallest absolute Gasteiger partial charge is 0.345 e. The van der Waals surface area contributed by atoms with Crippen LogP contribution >= 0.6 is 22.9 Å². The number of likely N-dealkylation sites (N-methyl/N-ethyl adjacent to an activating group) is 1. The second-order valence-electron chi connectivity index (χ2n) is 15.9. The van der Waals surface area contributed by atoms with Crippen molar-refractivity contribution in [3.05, 3.63) is 107 Å². The maximum absolute atomic E-state index is 14.2. The van der Waals surface area contributed by atoms with E-state index >= 15 is 0 Å². The summed E-state index contributed by atoms with van der Waals surface area (Å²) in [6, 6.07) is 17.2. The highest BCUT2D eigenvalue weighted by Crippen LogP contribution is 2.49. The molecule has 0 amide bonds. The summed E-state index contributed by atoms with van der Waals surface area (Å²) in [4.78, 5) is 37.7. The van der Waals surface area contributed by atoms with Gasteiger partial charge in [-0.15, -0.1) is 11.3 Å². The van der Waals surface area contributed by atoms with Crippen LogP contribution in [0.1, 0.15) is 41.4 Å². The van der Waals surface area contributed by atoms with E-state index in [2.05, 4.69) is 31.8 Å². The second kappa shape index (κ2) is 18.5. The van der Waals surface area contributed by atoms with E-state index in [-0.39, 0.29) is 37.2 Å². The van der Waals surface area contributed by atoms with Gasteiger partial charge in [-0.1, -0.05) is 29.8 Å². The van der Waals surface area contributed by atoms with Crippen LogP contribution in [0.15, 0.2) is 73.2 Å². The highest BCUT2D eigenvalue weighted by atomic mass is 35.5. The number of aliphatic carboxylic acids is 1. The fourth-order valence-corrected chi connectivity index (χ4v) is 9.51. The van der Waals surface area contributed by atoms with Crippen molar-refractivity contribution >= 4 is 39.1 Å². The second-order valence-corrected chi connectivity index (χ2v) is 17.3. The zero-order valence-corrected chi connectivity index (χ0v) is 36.0. The van der Waals surface area contributed by atoms with Gasteiger partial charge in [0.05, 0.1) is 16.1 Å². The van der Waals surface area contributed by atoms with Crippen LogP contribution in [0.3, 0.4) is 0 Å². The van der Waals surface area contributed by atoms with Crippen LogP contribution < -0.4 is 18.9 Å². The maximum atomic E-state index is 14.2. The van der Waals surface area contributed by atoms with Crippen molar-refractivity contribution in [2.24, 2.45) is 0 Å². The fraction of sp³-hybridized carbons (Fsp3) is 0.370. The van der Waals surface area contributed by atoms with Gasteiger partial charge in [0.25, 0.3) is 0 Å². The summed E-state index contributed by atoms with van der Waals surface area (Å²) in [7, 11) is 2.12. The van der Waals surface area contributed by atoms with Gasteiger partial charge in [-0.05, 0) is 86.0 Å². The molecule has 0 aliphatic carbocycles. The number of hydrogen-bond donors (Lipinski definition) is 1. The number of carboxylic acids is 1. The van der Waals surface area contributed by atoms with E-state index in [0.717, 1.165) is 66.4 Å². The Morgan fingerprint density at radius 1 is 1.00 bits per heavy atom. The first-order valence-electron chi connectivity index (χ1n) is 20.7. The summed E-state index contributed by atoms with van der Waals surface area (Å²) < 4.78 is 45.9. The van der Waals surface area contributed by atoms with Gasteiger partial charge in [0.15, 0.2) is 0 Å². The number of thiophene rings is 1. The molecular weight excluding hydrogens is 835 g/mol. The molecule has 4 aliphatic rings. The summed E-state index contributed by atoms with van der Waals surface area (Å²) in [5.74, 6) is 0.910. The number of halogens is 2. The lowest BCUT2D eigenvalue weighted by Gasteiger charge is -2.34. The van der Waals surface area contributed by atoms with Gasteiger partial charge in [-0.2, -0.15) is 0 Å². The third-order valence-electron chi connectivity index (χ3n) is 11.6. The molecule has 2 saturated heterocycles. The number of benzene rings is 3. The van der Waals surface area contributed by atoms with Gasteiger partial charge in [0, 0.05) is 80.5 Å². The quantitative estimate of drug-likeness (QED) is 0.159. The molecule has 62 heavy (non-hydrogen) atoms. The molecule has 4 bridgehead atoms. The molecule has 16 heteroatoms. The fourth-order valence-electron chi connectivity index (χ4n) is 8.15. The van der Waals surface area contributed by atoms with Gasteiger partial charge in [0.1, 0.15) is 59.4 Å². The molecule has 0 spiro atoms. The van der Waals surface area contributed by atoms with Gasteiger partial charge >= 0.3 is 5.97 Å². The monoisotopic (exact) mass is 880 g/mol. The third-order valence-corrected chi connectivity index (χ3v) is 13.2. The van der Waals surface area contributed by atoms with Crippen LogP contribution in [0, 0.1) is 12.7 Å². The van der Waals surface area contributed by atoms with E-state index in [4.69, 9.17) is 40.3 Å². The molecule has 2 fully saturated rings. The van der Waals surface area contributed by atoms with Crippen LogP contribution in [0.5, 0.6) is 23.1 Å². The average Bonchev–Trinajstić information content (AvgIpc) is 3.68. The number of nitrogens with zero attached hydrogens (tertiary/aromatic N) is 6. The van der Waals surface area contributed by atoms with Crippen molar-refractivity contribution in [3.63, 3.8) is 0 Å². The molecule has 7 heterocycles. The first-order valence-corrected chi connectivity index (χ1v) is 21.9. The van der Waals surface area contributed by atoms with Crippen molar-refractivity contribution in [3.8, 4) is 44.7 Å². The number of ether oxygens (including phenoxy) is 5. The normalized spacial score (nSPS) is 19.0. The van der Waals surface area contributed by atoms with Gasteiger partial charge < -0.3 is 33.7 Å². The first-order chi connectivity index (χ1) is 30.2. The molecule has 0 radical (unpaired) electrons. The number of rotatable bonds is 8. The summed E-state index contributed by atoms with van der Waals surface area (Å²) in [5, 5.41) is 11.7. The van der Waals surface area contributed by atoms with E-state index < -0.39 is 18.2 Å². The summed E-state index contributed by atoms with van der Waals surface area (Å²) in [5.41, 5.74) is 4.11. The molecule has 0 unspecified atom stereocenters. The van der Waals surface area contributed by atoms with Gasteiger partial charge in [-0.25, -0.2) is 29.1 Å². The van der Waals surface area contributed by atoms with E-state index in [9.17, 15) is 14.3 Å². The standard InChI is InChI=1S/C46H46ClFN6O7S/c1-27-35-8-10-37(41(27)47)60-34(23-54-17-15-53(2)16-18-54)25-58-33-7-9-36(59-24-32-11-14-49-43(52-32)29-12-19-57-20-13-29)30(21-33)22-38(46(55)56)61-44-40-39(35)42(62-45(40)51-26-50-44)28-3-5-31(48)6-4-28/h3-11,14,21,26,29,34,38H,12-13,15-20,22-25H2,1-2H3,(H,55,56)/t34-,38-/m1/s1. The molecule has 3 aromatic heterocycles. The Balaban J connectivity index is 1.13. The molecule has 4 aliphatic heterocycles. The highest BCUT2D eigenvalue weighted by molar-refractivity contribution is 7.22. The predicted octanol–water partition coefficient (Wildman–Crippen LogP) is 7.85. The Labute approximate surface area is 367 Å². The van der Waals surface area contributed by atoms with Crippen LogP contribution in [0.4, 0.5) is 4.39 Å². The minimum absolute atomic E-state index is 0.0749. The molecule has 322 valence electrons. The van der Waals surface area contributed by atoms with Crippen molar-refractivity contribution in [2.45, 2.75) is 50.9 Å². The molecule has 6 aromatic rings. The number of carboxylic acid groups (broad SMARTS) is 1. The highest BCUT2D eigenvalue weighted by Gasteiger charge is 2.30. The van der Waals surface area contributed by atoms with E-state index in [1.807, 2.05) is 25.1 Å². The largest absolute Gasteiger partial charge is 0.490 e. The lowest BCUT2D eigenvalue weighted by molar-refractivity contribution is -0.145. The van der Waals surface area contributed by atoms with Crippen LogP contribution in [0.2, 0.25) is 5.02 Å². The molecule has 3 aromatic carbocycles. The maximum Gasteiger partial charge on any atom is 0.345 e. The van der Waals surface area contributed by atoms with Crippen molar-refractivity contribution in [1.82, 2.24) is 29.7 Å². The lowest BCUT2D eigenvalue weighted by atomic mass is 9.96. The SMILES string of the molecule is Cc1c2ccc(c1Cl)O[C@H](CN1CCN(C)CC1)COc1ccc(OCc3ccnc(C4CCOCC4)n3)c(c1)C[C@H](C(=O)O)Oc1ncnc3sc(-c4ccc(F)cc4)c-2c13. The zero-order valence-electron chi connectivity index (χ0n) is 34.4. The Kier molecular flexibility index (Phi) is 12.5. The Morgan fingerprint density at radius 3 is 2.60 bits per heavy atom. The number of hydrogen-bond acceptors (Lipinski definition) is 13. The minimum Gasteiger partial charge on any atom is -0.490 e. The third kappa shape index (κ3) is 9.18. The predicted molar refractivity (Wildman–Crippen MR) is 233 cm³/mol. The molecule has 1 N–H and O–H groups in total. The summed E-state index contributed by atoms with van der Waals surface area (Å²) >= 11 is 8.59. The molecule has 13 nitrogen and oxygen atoms in total. The average molecular weight is 881 g/mol. The van der Waals surface area contributed by atoms with E-state index in [1.54, 1.807) is 36.5 Å². The Bertz CT molecular complexity index is 2570. The van der Waals surface area contributed by atoms with E-state index in [0.29, 0.717) is 69.1 Å². The topological polar surface area (TPSA) is 141 Å². The van der Waals surface area contributed by atoms with Gasteiger partial charge in [-0.3, -0.25) is 4.90 Å². The number of piperazine rings is 1. The van der Waals surface area contributed by atoms with Crippen LogP contribution in [-0.4, -0.2) is 113 Å². The number of carbonyl (C=O) groups is 1. The van der Waals surface area contributed by atoms with Crippen LogP contribution in [0.25, 0.3) is 31.8 Å². The van der Waals surface area contributed by atoms with Crippen LogP contribution in [-0.2, 0) is 22.6 Å². The van der Waals surface area contributed by atoms with Crippen molar-refractivity contribution in [1.29, 1.82) is 0 Å². The summed E-state index contributed by atoms with van der Waals surface area (Å²) in [6.45, 7) is 7.76. The van der Waals surface area contributed by atoms with Crippen molar-refractivity contribution in [2.75, 3.05) is 59.6 Å². The molecule has 10 rings (SSSR count). The lowest BCUT2D eigenvalue weighted by Crippen LogP contribution is -2.49. The number of aromatic nitrogens is 4. The minimum atomic E-state index is -1.41. The Hall–Kier alpha value is -5.45. The zero-order chi connectivity index (χ0) is 42.7. The number of fused-ring (bicyclic) bond motifs is 7. The molecular formula is C46H46ClFN6O7S. The van der Waals surface area contributed by atoms with E-state index in [1.165, 1.54) is 29.8 Å². The molecule has 2 atom stereocenters. The van der Waals surface area contributed by atoms with Crippen molar-refractivity contribution < 1.29 is 38.0 Å².